The van der Waals surface area contributed by atoms with Crippen molar-refractivity contribution in [2.45, 2.75) is 51.6 Å². The molecule has 0 heterocycles. The minimum Gasteiger partial charge on any atom is -0.366 e. The number of hydrogen-bond donors (Lipinski definition) is 2. The lowest BCUT2D eigenvalue weighted by Gasteiger charge is -2.24. The Balaban J connectivity index is 2.02. The van der Waals surface area contributed by atoms with Gasteiger partial charge in [-0.05, 0) is 56.7 Å². The fourth-order valence-electron chi connectivity index (χ4n) is 2.96. The molecule has 2 aromatic carbocycles. The summed E-state index contributed by atoms with van der Waals surface area (Å²) in [5.74, 6) is 1.11. The van der Waals surface area contributed by atoms with Gasteiger partial charge in [0.1, 0.15) is 0 Å². The first-order chi connectivity index (χ1) is 12.7. The summed E-state index contributed by atoms with van der Waals surface area (Å²) in [7, 11) is 0. The van der Waals surface area contributed by atoms with E-state index in [1.54, 1.807) is 0 Å². The predicted molar refractivity (Wildman–Crippen MR) is 113 cm³/mol. The van der Waals surface area contributed by atoms with Gasteiger partial charge in [0.25, 0.3) is 0 Å². The van der Waals surface area contributed by atoms with E-state index in [4.69, 9.17) is 0 Å². The number of benzene rings is 2. The third kappa shape index (κ3) is 6.79. The maximum Gasteiger partial charge on any atom is 0.0954 e. The van der Waals surface area contributed by atoms with Gasteiger partial charge in [0.15, 0.2) is 0 Å². The van der Waals surface area contributed by atoms with Crippen LogP contribution in [-0.2, 0) is 0 Å². The van der Waals surface area contributed by atoms with Gasteiger partial charge in [-0.15, -0.1) is 6.58 Å². The summed E-state index contributed by atoms with van der Waals surface area (Å²) in [6.07, 6.45) is 8.81. The zero-order valence-electron chi connectivity index (χ0n) is 16.1. The van der Waals surface area contributed by atoms with Crippen LogP contribution in [0.15, 0.2) is 85.2 Å². The summed E-state index contributed by atoms with van der Waals surface area (Å²) in [6, 6.07) is 21.7. The van der Waals surface area contributed by atoms with Crippen LogP contribution in [-0.4, -0.2) is 0 Å². The summed E-state index contributed by atoms with van der Waals surface area (Å²) in [5, 5.41) is 7.31. The standard InChI is InChI=1S/C24H32N2/c1-4-5-6-7-14-19-24(25-20(2)22-15-10-8-11-16-22)26-21(3)23-17-12-9-13-18-23/h4,8-13,15-21,25-26H,1,5-7,14H2,2-3H3/t20-,21-/m0/s1. The van der Waals surface area contributed by atoms with E-state index in [2.05, 4.69) is 97.8 Å². The highest BCUT2D eigenvalue weighted by Gasteiger charge is 2.10. The van der Waals surface area contributed by atoms with Crippen LogP contribution in [0.4, 0.5) is 0 Å². The van der Waals surface area contributed by atoms with Crippen molar-refractivity contribution in [2.24, 2.45) is 0 Å². The molecule has 0 aliphatic carbocycles. The number of rotatable bonds is 11. The van der Waals surface area contributed by atoms with Crippen LogP contribution in [0.5, 0.6) is 0 Å². The smallest absolute Gasteiger partial charge is 0.0954 e. The third-order valence-electron chi connectivity index (χ3n) is 4.55. The molecule has 2 nitrogen and oxygen atoms in total. The van der Waals surface area contributed by atoms with Crippen LogP contribution in [0.25, 0.3) is 0 Å². The lowest BCUT2D eigenvalue weighted by Crippen LogP contribution is -2.30. The lowest BCUT2D eigenvalue weighted by molar-refractivity contribution is 0.546. The van der Waals surface area contributed by atoms with E-state index in [0.29, 0.717) is 0 Å². The van der Waals surface area contributed by atoms with Crippen molar-refractivity contribution < 1.29 is 0 Å². The molecule has 0 fully saturated rings. The van der Waals surface area contributed by atoms with Crippen molar-refractivity contribution >= 4 is 0 Å². The molecular formula is C24H32N2. The van der Waals surface area contributed by atoms with Crippen molar-refractivity contribution in [3.05, 3.63) is 96.3 Å². The van der Waals surface area contributed by atoms with Gasteiger partial charge in [-0.3, -0.25) is 0 Å². The van der Waals surface area contributed by atoms with Gasteiger partial charge >= 0.3 is 0 Å². The van der Waals surface area contributed by atoms with Crippen LogP contribution in [0.1, 0.15) is 62.7 Å². The zero-order valence-corrected chi connectivity index (χ0v) is 16.1. The van der Waals surface area contributed by atoms with E-state index in [0.717, 1.165) is 18.7 Å². The van der Waals surface area contributed by atoms with Crippen LogP contribution < -0.4 is 10.6 Å². The average molecular weight is 349 g/mol. The molecule has 0 unspecified atom stereocenters. The van der Waals surface area contributed by atoms with E-state index >= 15 is 0 Å². The summed E-state index contributed by atoms with van der Waals surface area (Å²) in [5.41, 5.74) is 2.58. The molecule has 2 rings (SSSR count). The second-order valence-electron chi connectivity index (χ2n) is 6.74. The Hall–Kier alpha value is -2.48. The van der Waals surface area contributed by atoms with Gasteiger partial charge in [0.05, 0.1) is 5.82 Å². The average Bonchev–Trinajstić information content (AvgIpc) is 2.69. The highest BCUT2D eigenvalue weighted by atomic mass is 15.1. The van der Waals surface area contributed by atoms with Crippen molar-refractivity contribution in [1.29, 1.82) is 0 Å². The topological polar surface area (TPSA) is 24.1 Å². The van der Waals surface area contributed by atoms with E-state index in [1.165, 1.54) is 24.0 Å². The highest BCUT2D eigenvalue weighted by Crippen LogP contribution is 2.17. The van der Waals surface area contributed by atoms with Gasteiger partial charge in [-0.1, -0.05) is 66.7 Å². The van der Waals surface area contributed by atoms with Crippen molar-refractivity contribution in [1.82, 2.24) is 10.6 Å². The second-order valence-corrected chi connectivity index (χ2v) is 6.74. The van der Waals surface area contributed by atoms with Gasteiger partial charge in [0, 0.05) is 12.1 Å². The molecule has 0 aromatic heterocycles. The Labute approximate surface area is 159 Å². The molecule has 26 heavy (non-hydrogen) atoms. The fourth-order valence-corrected chi connectivity index (χ4v) is 2.96. The summed E-state index contributed by atoms with van der Waals surface area (Å²) < 4.78 is 0. The number of allylic oxidation sites excluding steroid dienone is 2. The molecule has 0 aliphatic rings. The van der Waals surface area contributed by atoms with Crippen LogP contribution in [0, 0.1) is 0 Å². The van der Waals surface area contributed by atoms with Crippen molar-refractivity contribution in [3.8, 4) is 0 Å². The number of nitrogens with one attached hydrogen (secondary N) is 2. The molecule has 0 saturated carbocycles. The maximum atomic E-state index is 3.80. The molecule has 2 N–H and O–H groups in total. The fraction of sp³-hybridized carbons (Fsp3) is 0.333. The molecule has 2 atom stereocenters. The maximum absolute atomic E-state index is 3.80. The SMILES string of the molecule is C=CCCCCC=C(N[C@@H](C)c1ccccc1)N[C@@H](C)c1ccccc1. The van der Waals surface area contributed by atoms with E-state index in [1.807, 2.05) is 6.08 Å². The van der Waals surface area contributed by atoms with Gasteiger partial charge in [-0.25, -0.2) is 0 Å². The summed E-state index contributed by atoms with van der Waals surface area (Å²) >= 11 is 0. The van der Waals surface area contributed by atoms with Crippen molar-refractivity contribution in [2.75, 3.05) is 0 Å². The van der Waals surface area contributed by atoms with E-state index in [-0.39, 0.29) is 12.1 Å². The highest BCUT2D eigenvalue weighted by molar-refractivity contribution is 5.22. The summed E-state index contributed by atoms with van der Waals surface area (Å²) in [6.45, 7) is 8.21. The Kier molecular flexibility index (Phi) is 8.54. The third-order valence-corrected chi connectivity index (χ3v) is 4.55. The minimum atomic E-state index is 0.256. The molecule has 138 valence electrons. The number of unbranched alkanes of at least 4 members (excludes halogenated alkanes) is 3. The van der Waals surface area contributed by atoms with Crippen molar-refractivity contribution in [3.63, 3.8) is 0 Å². The largest absolute Gasteiger partial charge is 0.366 e. The van der Waals surface area contributed by atoms with Gasteiger partial charge in [-0.2, -0.15) is 0 Å². The van der Waals surface area contributed by atoms with Gasteiger partial charge < -0.3 is 10.6 Å². The summed E-state index contributed by atoms with van der Waals surface area (Å²) in [4.78, 5) is 0. The monoisotopic (exact) mass is 348 g/mol. The zero-order chi connectivity index (χ0) is 18.6. The molecular weight excluding hydrogens is 316 g/mol. The van der Waals surface area contributed by atoms with Gasteiger partial charge in [0.2, 0.25) is 0 Å². The molecule has 2 heteroatoms. The molecule has 0 spiro atoms. The van der Waals surface area contributed by atoms with E-state index in [9.17, 15) is 0 Å². The Morgan fingerprint density at radius 2 is 1.27 bits per heavy atom. The molecule has 0 saturated heterocycles. The normalized spacial score (nSPS) is 12.7. The first kappa shape index (κ1) is 19.8. The predicted octanol–water partition coefficient (Wildman–Crippen LogP) is 6.28. The second kappa shape index (κ2) is 11.2. The molecule has 0 aliphatic heterocycles. The van der Waals surface area contributed by atoms with Crippen LogP contribution in [0.3, 0.4) is 0 Å². The quantitative estimate of drug-likeness (QED) is 0.369. The Morgan fingerprint density at radius 3 is 1.73 bits per heavy atom. The molecule has 0 amide bonds. The molecule has 0 bridgehead atoms. The van der Waals surface area contributed by atoms with Crippen LogP contribution in [0.2, 0.25) is 0 Å². The van der Waals surface area contributed by atoms with Crippen LogP contribution >= 0.6 is 0 Å². The lowest BCUT2D eigenvalue weighted by atomic mass is 10.1. The first-order valence-electron chi connectivity index (χ1n) is 9.64. The van der Waals surface area contributed by atoms with E-state index < -0.39 is 0 Å². The first-order valence-corrected chi connectivity index (χ1v) is 9.64. The Morgan fingerprint density at radius 1 is 0.808 bits per heavy atom. The Bertz CT molecular complexity index is 612. The molecule has 2 aromatic rings. The minimum absolute atomic E-state index is 0.256. The molecule has 0 radical (unpaired) electrons. The number of hydrogen-bond acceptors (Lipinski definition) is 2.